The van der Waals surface area contributed by atoms with Crippen molar-refractivity contribution in [2.75, 3.05) is 20.7 Å². The first-order valence-corrected chi connectivity index (χ1v) is 8.17. The zero-order chi connectivity index (χ0) is 17.7. The summed E-state index contributed by atoms with van der Waals surface area (Å²) < 4.78 is 5.21. The zero-order valence-electron chi connectivity index (χ0n) is 14.9. The van der Waals surface area contributed by atoms with Crippen molar-refractivity contribution in [3.8, 4) is 0 Å². The van der Waals surface area contributed by atoms with Gasteiger partial charge in [0.05, 0.1) is 18.4 Å². The molecule has 1 aromatic carbocycles. The first-order valence-electron chi connectivity index (χ1n) is 8.17. The summed E-state index contributed by atoms with van der Waals surface area (Å²) >= 11 is 0. The Labute approximate surface area is 143 Å². The molecule has 0 bridgehead atoms. The Kier molecular flexibility index (Phi) is 5.78. The second-order valence-electron chi connectivity index (χ2n) is 6.65. The lowest BCUT2D eigenvalue weighted by Crippen LogP contribution is -2.29. The van der Waals surface area contributed by atoms with Crippen molar-refractivity contribution < 1.29 is 14.6 Å². The monoisotopic (exact) mass is 330 g/mol. The molecule has 24 heavy (non-hydrogen) atoms. The maximum atomic E-state index is 11.4. The predicted octanol–water partition coefficient (Wildman–Crippen LogP) is 2.42. The third kappa shape index (κ3) is 4.45. The van der Waals surface area contributed by atoms with E-state index < -0.39 is 5.60 Å². The average Bonchev–Trinajstić information content (AvgIpc) is 2.56. The fraction of sp³-hybridized carbons (Fsp3) is 0.474. The van der Waals surface area contributed by atoms with Crippen LogP contribution in [-0.4, -0.2) is 48.6 Å². The molecule has 0 spiro atoms. The lowest BCUT2D eigenvalue weighted by atomic mass is 9.91. The summed E-state index contributed by atoms with van der Waals surface area (Å²) in [4.78, 5) is 17.1. The summed E-state index contributed by atoms with van der Waals surface area (Å²) in [6.45, 7) is 4.28. The maximum Gasteiger partial charge on any atom is 0.214 e. The minimum atomic E-state index is -0.666. The molecule has 1 amide bonds. The number of aliphatic hydroxyl groups is 1. The number of methoxy groups -OCH3 is 1. The van der Waals surface area contributed by atoms with E-state index >= 15 is 0 Å². The Balaban J connectivity index is 2.34. The van der Waals surface area contributed by atoms with Crippen LogP contribution in [0.3, 0.4) is 0 Å². The van der Waals surface area contributed by atoms with Gasteiger partial charge in [0.2, 0.25) is 12.3 Å². The van der Waals surface area contributed by atoms with Crippen LogP contribution in [0.25, 0.3) is 5.70 Å². The number of ether oxygens (including phenoxy) is 1. The van der Waals surface area contributed by atoms with E-state index in [1.54, 1.807) is 25.1 Å². The highest BCUT2D eigenvalue weighted by atomic mass is 16.5. The topological polar surface area (TPSA) is 62.1 Å². The number of amides is 1. The molecule has 5 heteroatoms. The number of aryl methyl sites for hydroxylation is 1. The number of aliphatic imine (C=N–C) groups is 1. The van der Waals surface area contributed by atoms with Crippen LogP contribution in [0, 0.1) is 0 Å². The van der Waals surface area contributed by atoms with Crippen molar-refractivity contribution in [1.29, 1.82) is 0 Å². The lowest BCUT2D eigenvalue weighted by Gasteiger charge is -2.29. The predicted molar refractivity (Wildman–Crippen MR) is 95.9 cm³/mol. The van der Waals surface area contributed by atoms with Gasteiger partial charge in [-0.2, -0.15) is 0 Å². The van der Waals surface area contributed by atoms with Crippen LogP contribution in [0.5, 0.6) is 0 Å². The minimum absolute atomic E-state index is 0.482. The summed E-state index contributed by atoms with van der Waals surface area (Å²) in [5.41, 5.74) is 3.58. The van der Waals surface area contributed by atoms with Gasteiger partial charge in [0, 0.05) is 25.2 Å². The molecule has 1 aliphatic rings. The SMILES string of the molecule is CN=C(/C=C1/c2ccc(CCC(C)(C)O)cc2CCN1C=O)OC. The van der Waals surface area contributed by atoms with Crippen LogP contribution in [0.15, 0.2) is 29.3 Å². The summed E-state index contributed by atoms with van der Waals surface area (Å²) in [5.74, 6) is 0.482. The van der Waals surface area contributed by atoms with E-state index in [4.69, 9.17) is 4.74 Å². The van der Waals surface area contributed by atoms with E-state index in [0.717, 1.165) is 30.5 Å². The van der Waals surface area contributed by atoms with Crippen LogP contribution in [-0.2, 0) is 22.4 Å². The van der Waals surface area contributed by atoms with Crippen molar-refractivity contribution >= 4 is 18.0 Å². The quantitative estimate of drug-likeness (QED) is 0.512. The summed E-state index contributed by atoms with van der Waals surface area (Å²) in [7, 11) is 3.22. The van der Waals surface area contributed by atoms with Gasteiger partial charge in [0.25, 0.3) is 0 Å². The number of hydrogen-bond donors (Lipinski definition) is 1. The van der Waals surface area contributed by atoms with Crippen LogP contribution in [0.1, 0.15) is 37.0 Å². The van der Waals surface area contributed by atoms with Crippen molar-refractivity contribution in [3.05, 3.63) is 41.0 Å². The second kappa shape index (κ2) is 7.62. The van der Waals surface area contributed by atoms with Crippen molar-refractivity contribution in [2.24, 2.45) is 4.99 Å². The number of carbonyl (C=O) groups excluding carboxylic acids is 1. The molecule has 0 radical (unpaired) electrons. The van der Waals surface area contributed by atoms with E-state index in [-0.39, 0.29) is 0 Å². The van der Waals surface area contributed by atoms with Crippen molar-refractivity contribution in [1.82, 2.24) is 4.90 Å². The van der Waals surface area contributed by atoms with Gasteiger partial charge in [-0.25, -0.2) is 0 Å². The Morgan fingerprint density at radius 2 is 2.21 bits per heavy atom. The molecule has 130 valence electrons. The molecular formula is C19H26N2O3. The Morgan fingerprint density at radius 3 is 2.79 bits per heavy atom. The van der Waals surface area contributed by atoms with Crippen LogP contribution in [0.2, 0.25) is 0 Å². The Hall–Kier alpha value is -2.14. The van der Waals surface area contributed by atoms with E-state index in [1.807, 2.05) is 19.9 Å². The van der Waals surface area contributed by atoms with Crippen molar-refractivity contribution in [2.45, 2.75) is 38.7 Å². The highest BCUT2D eigenvalue weighted by Gasteiger charge is 2.22. The molecule has 0 aromatic heterocycles. The number of carbonyl (C=O) groups is 1. The molecule has 2 rings (SSSR count). The first-order chi connectivity index (χ1) is 11.4. The second-order valence-corrected chi connectivity index (χ2v) is 6.65. The van der Waals surface area contributed by atoms with Crippen LogP contribution in [0.4, 0.5) is 0 Å². The molecule has 0 aliphatic carbocycles. The molecule has 0 saturated heterocycles. The minimum Gasteiger partial charge on any atom is -0.481 e. The van der Waals surface area contributed by atoms with Crippen molar-refractivity contribution in [3.63, 3.8) is 0 Å². The molecule has 1 N–H and O–H groups in total. The normalized spacial score (nSPS) is 17.0. The zero-order valence-corrected chi connectivity index (χ0v) is 14.9. The number of benzene rings is 1. The number of hydrogen-bond acceptors (Lipinski definition) is 4. The number of nitrogens with zero attached hydrogens (tertiary/aromatic N) is 2. The van der Waals surface area contributed by atoms with Crippen LogP contribution >= 0.6 is 0 Å². The fourth-order valence-electron chi connectivity index (χ4n) is 2.83. The molecular weight excluding hydrogens is 304 g/mol. The molecule has 0 unspecified atom stereocenters. The molecule has 1 aliphatic heterocycles. The van der Waals surface area contributed by atoms with Gasteiger partial charge in [-0.15, -0.1) is 0 Å². The third-order valence-corrected chi connectivity index (χ3v) is 4.22. The summed E-state index contributed by atoms with van der Waals surface area (Å²) in [6.07, 6.45) is 4.99. The highest BCUT2D eigenvalue weighted by molar-refractivity contribution is 5.97. The standard InChI is InChI=1S/C19H26N2O3/c1-19(2,23)9-7-14-5-6-16-15(11-14)8-10-21(13-22)17(16)12-18(20-3)24-4/h5-6,11-13,23H,7-10H2,1-4H3/b17-12-,20-18?. The van der Waals surface area contributed by atoms with E-state index in [9.17, 15) is 9.90 Å². The Bertz CT molecular complexity index is 657. The molecule has 0 saturated carbocycles. The van der Waals surface area contributed by atoms with Gasteiger partial charge in [0.15, 0.2) is 0 Å². The van der Waals surface area contributed by atoms with Gasteiger partial charge in [-0.1, -0.05) is 18.2 Å². The molecule has 1 heterocycles. The van der Waals surface area contributed by atoms with E-state index in [1.165, 1.54) is 11.1 Å². The van der Waals surface area contributed by atoms with Gasteiger partial charge in [0.1, 0.15) is 0 Å². The maximum absolute atomic E-state index is 11.4. The lowest BCUT2D eigenvalue weighted by molar-refractivity contribution is -0.115. The Morgan fingerprint density at radius 1 is 1.46 bits per heavy atom. The first kappa shape index (κ1) is 18.2. The number of fused-ring (bicyclic) bond motifs is 1. The largest absolute Gasteiger partial charge is 0.481 e. The average molecular weight is 330 g/mol. The highest BCUT2D eigenvalue weighted by Crippen LogP contribution is 2.29. The molecule has 0 atom stereocenters. The molecule has 0 fully saturated rings. The third-order valence-electron chi connectivity index (χ3n) is 4.22. The molecule has 1 aromatic rings. The molecule has 5 nitrogen and oxygen atoms in total. The smallest absolute Gasteiger partial charge is 0.214 e. The van der Waals surface area contributed by atoms with E-state index in [2.05, 4.69) is 17.1 Å². The summed E-state index contributed by atoms with van der Waals surface area (Å²) in [6, 6.07) is 6.27. The van der Waals surface area contributed by atoms with Crippen LogP contribution < -0.4 is 0 Å². The van der Waals surface area contributed by atoms with Gasteiger partial charge in [-0.05, 0) is 44.2 Å². The van der Waals surface area contributed by atoms with Gasteiger partial charge in [-0.3, -0.25) is 9.79 Å². The van der Waals surface area contributed by atoms with Gasteiger partial charge >= 0.3 is 0 Å². The van der Waals surface area contributed by atoms with Gasteiger partial charge < -0.3 is 14.7 Å². The fourth-order valence-corrected chi connectivity index (χ4v) is 2.83. The van der Waals surface area contributed by atoms with E-state index in [0.29, 0.717) is 18.9 Å². The summed E-state index contributed by atoms with van der Waals surface area (Å²) in [5, 5.41) is 9.90. The number of rotatable bonds is 5.